The van der Waals surface area contributed by atoms with Crippen LogP contribution in [-0.2, 0) is 42.2 Å². The summed E-state index contributed by atoms with van der Waals surface area (Å²) in [4.78, 5) is 52.4. The highest BCUT2D eigenvalue weighted by molar-refractivity contribution is 6.84. The first-order valence-corrected chi connectivity index (χ1v) is 27.0. The van der Waals surface area contributed by atoms with Gasteiger partial charge in [0.2, 0.25) is 0 Å². The van der Waals surface area contributed by atoms with Crippen molar-refractivity contribution in [3.63, 3.8) is 0 Å². The van der Waals surface area contributed by atoms with Gasteiger partial charge in [-0.15, -0.1) is 0 Å². The number of hydrogen-bond acceptors (Lipinski definition) is 9. The van der Waals surface area contributed by atoms with Crippen LogP contribution in [0.5, 0.6) is 0 Å². The molecule has 0 unspecified atom stereocenters. The molecular formula is C50H58O9Si2. The van der Waals surface area contributed by atoms with Crippen molar-refractivity contribution in [3.8, 4) is 0 Å². The smallest absolute Gasteiger partial charge is 0.345 e. The van der Waals surface area contributed by atoms with Crippen LogP contribution < -0.4 is 0 Å². The lowest BCUT2D eigenvalue weighted by Gasteiger charge is -2.34. The van der Waals surface area contributed by atoms with Gasteiger partial charge in [-0.2, -0.15) is 0 Å². The number of ether oxygens (including phenoxy) is 4. The van der Waals surface area contributed by atoms with Gasteiger partial charge in [0.25, 0.3) is 0 Å². The summed E-state index contributed by atoms with van der Waals surface area (Å²) >= 11 is 0. The van der Waals surface area contributed by atoms with E-state index in [0.29, 0.717) is 12.8 Å². The lowest BCUT2D eigenvalue weighted by molar-refractivity contribution is -0.148. The van der Waals surface area contributed by atoms with Crippen LogP contribution in [0, 0.1) is 0 Å². The molecule has 4 aromatic carbocycles. The van der Waals surface area contributed by atoms with Crippen LogP contribution in [0.15, 0.2) is 157 Å². The molecule has 0 saturated heterocycles. The van der Waals surface area contributed by atoms with Crippen LogP contribution in [0.25, 0.3) is 11.1 Å². The monoisotopic (exact) mass is 858 g/mol. The number of benzene rings is 4. The van der Waals surface area contributed by atoms with Crippen LogP contribution in [0.3, 0.4) is 0 Å². The summed E-state index contributed by atoms with van der Waals surface area (Å²) in [5.74, 6) is -2.98. The highest BCUT2D eigenvalue weighted by Gasteiger charge is 2.33. The van der Waals surface area contributed by atoms with Gasteiger partial charge in [-0.1, -0.05) is 133 Å². The van der Waals surface area contributed by atoms with Gasteiger partial charge in [0.15, 0.2) is 16.6 Å². The molecule has 61 heavy (non-hydrogen) atoms. The maximum Gasteiger partial charge on any atom is 0.345 e. The van der Waals surface area contributed by atoms with Gasteiger partial charge in [0.1, 0.15) is 11.1 Å². The summed E-state index contributed by atoms with van der Waals surface area (Å²) in [6.07, 6.45) is 7.57. The third-order valence-corrected chi connectivity index (χ3v) is 17.0. The second-order valence-corrected chi connectivity index (χ2v) is 24.2. The Balaban J connectivity index is 1.32. The van der Waals surface area contributed by atoms with Crippen LogP contribution in [0.2, 0.25) is 38.3 Å². The zero-order valence-electron chi connectivity index (χ0n) is 36.2. The molecule has 0 radical (unpaired) electrons. The molecule has 0 fully saturated rings. The topological polar surface area (TPSA) is 114 Å². The molecule has 0 N–H and O–H groups in total. The van der Waals surface area contributed by atoms with Gasteiger partial charge in [0.05, 0.1) is 26.4 Å². The maximum atomic E-state index is 13.3. The molecule has 0 heterocycles. The van der Waals surface area contributed by atoms with Gasteiger partial charge >= 0.3 is 23.9 Å². The van der Waals surface area contributed by atoms with Crippen molar-refractivity contribution in [1.82, 2.24) is 0 Å². The minimum Gasteiger partial charge on any atom is -0.462 e. The number of carbonyl (C=O) groups excluding carboxylic acids is 4. The standard InChI is InChI=1S/C50H58O9Si2/c1-7-55-47(51)45(33-31-43(39-23-13-9-14-24-39)40-25-15-10-16-26-40)49(53)57-35-21-37-60(3,4)59-61(5,6)38-22-36-58-50(54)46(48(52)56-8-2)34-32-44(41-27-17-11-18-28-41)42-29-19-12-20-30-42/h9-20,23-34H,7-8,21-22,35-38H2,1-6H3. The second-order valence-electron chi connectivity index (χ2n) is 15.3. The summed E-state index contributed by atoms with van der Waals surface area (Å²) in [5, 5.41) is 0. The first-order chi connectivity index (χ1) is 29.3. The van der Waals surface area contributed by atoms with E-state index in [9.17, 15) is 19.2 Å². The van der Waals surface area contributed by atoms with Crippen molar-refractivity contribution in [2.45, 2.75) is 65.0 Å². The first-order valence-electron chi connectivity index (χ1n) is 20.8. The van der Waals surface area contributed by atoms with Crippen molar-refractivity contribution in [2.75, 3.05) is 26.4 Å². The molecule has 11 heteroatoms. The van der Waals surface area contributed by atoms with Crippen LogP contribution >= 0.6 is 0 Å². The largest absolute Gasteiger partial charge is 0.462 e. The highest BCUT2D eigenvalue weighted by atomic mass is 28.4. The molecule has 0 aliphatic carbocycles. The van der Waals surface area contributed by atoms with Crippen LogP contribution in [0.1, 0.15) is 48.9 Å². The molecule has 4 rings (SSSR count). The molecule has 0 bridgehead atoms. The van der Waals surface area contributed by atoms with Crippen molar-refractivity contribution < 1.29 is 42.2 Å². The Morgan fingerprint density at radius 3 is 0.984 bits per heavy atom. The summed E-state index contributed by atoms with van der Waals surface area (Å²) in [6.45, 7) is 12.4. The van der Waals surface area contributed by atoms with Gasteiger partial charge in [-0.05, 0) is 111 Å². The maximum absolute atomic E-state index is 13.3. The van der Waals surface area contributed by atoms with E-state index in [-0.39, 0.29) is 37.6 Å². The van der Waals surface area contributed by atoms with E-state index in [2.05, 4.69) is 26.2 Å². The predicted octanol–water partition coefficient (Wildman–Crippen LogP) is 10.5. The minimum absolute atomic E-state index is 0.116. The van der Waals surface area contributed by atoms with E-state index >= 15 is 0 Å². The Morgan fingerprint density at radius 2 is 0.705 bits per heavy atom. The van der Waals surface area contributed by atoms with Crippen molar-refractivity contribution in [1.29, 1.82) is 0 Å². The van der Waals surface area contributed by atoms with Crippen LogP contribution in [0.4, 0.5) is 0 Å². The van der Waals surface area contributed by atoms with E-state index in [0.717, 1.165) is 45.5 Å². The van der Waals surface area contributed by atoms with Crippen molar-refractivity contribution in [2.24, 2.45) is 0 Å². The minimum atomic E-state index is -2.21. The van der Waals surface area contributed by atoms with E-state index in [1.54, 1.807) is 26.0 Å². The Labute approximate surface area is 363 Å². The zero-order valence-corrected chi connectivity index (χ0v) is 38.2. The predicted molar refractivity (Wildman–Crippen MR) is 246 cm³/mol. The van der Waals surface area contributed by atoms with Gasteiger partial charge in [-0.25, -0.2) is 19.2 Å². The summed E-state index contributed by atoms with van der Waals surface area (Å²) in [6, 6.07) is 40.4. The third kappa shape index (κ3) is 15.9. The molecule has 0 atom stereocenters. The molecule has 9 nitrogen and oxygen atoms in total. The summed E-state index contributed by atoms with van der Waals surface area (Å²) in [5.41, 5.74) is 5.05. The lowest BCUT2D eigenvalue weighted by atomic mass is 9.97. The summed E-state index contributed by atoms with van der Waals surface area (Å²) in [7, 11) is -4.42. The van der Waals surface area contributed by atoms with Gasteiger partial charge in [-0.3, -0.25) is 0 Å². The fraction of sp³-hybridized carbons (Fsp3) is 0.280. The molecule has 4 aromatic rings. The average molecular weight is 859 g/mol. The molecule has 0 amide bonds. The first kappa shape index (κ1) is 47.8. The molecule has 0 aliphatic rings. The van der Waals surface area contributed by atoms with Crippen molar-refractivity contribution in [3.05, 3.63) is 179 Å². The Bertz CT molecular complexity index is 1920. The molecule has 0 spiro atoms. The quantitative estimate of drug-likeness (QED) is 0.0111. The van der Waals surface area contributed by atoms with E-state index in [1.165, 1.54) is 12.2 Å². The van der Waals surface area contributed by atoms with E-state index < -0.39 is 40.5 Å². The molecule has 0 aliphatic heterocycles. The third-order valence-electron chi connectivity index (χ3n) is 9.47. The average Bonchev–Trinajstić information content (AvgIpc) is 3.25. The summed E-state index contributed by atoms with van der Waals surface area (Å²) < 4.78 is 28.5. The number of rotatable bonds is 22. The molecule has 0 aromatic heterocycles. The Hall–Kier alpha value is -5.89. The van der Waals surface area contributed by atoms with Crippen LogP contribution in [-0.4, -0.2) is 66.9 Å². The lowest BCUT2D eigenvalue weighted by Crippen LogP contribution is -2.44. The van der Waals surface area contributed by atoms with E-state index in [4.69, 9.17) is 23.1 Å². The highest BCUT2D eigenvalue weighted by Crippen LogP contribution is 2.27. The fourth-order valence-electron chi connectivity index (χ4n) is 6.71. The molecular weight excluding hydrogens is 801 g/mol. The number of carbonyl (C=O) groups is 4. The fourth-order valence-corrected chi connectivity index (χ4v) is 15.5. The number of esters is 4. The van der Waals surface area contributed by atoms with Crippen molar-refractivity contribution >= 4 is 51.7 Å². The molecule has 0 saturated carbocycles. The van der Waals surface area contributed by atoms with E-state index in [1.807, 2.05) is 121 Å². The Morgan fingerprint density at radius 1 is 0.426 bits per heavy atom. The SMILES string of the molecule is CCOC(=O)C(=CC=C(c1ccccc1)c1ccccc1)C(=O)OCCC[Si](C)(C)O[Si](C)(C)CCCOC(=O)C(=CC=C(c1ccccc1)c1ccccc1)C(=O)OCC. The Kier molecular flexibility index (Phi) is 19.1. The van der Waals surface area contributed by atoms with Gasteiger partial charge < -0.3 is 23.1 Å². The zero-order chi connectivity index (χ0) is 44.1. The number of hydrogen-bond donors (Lipinski definition) is 0. The van der Waals surface area contributed by atoms with Gasteiger partial charge in [0, 0.05) is 0 Å². The molecule has 320 valence electrons. The number of allylic oxidation sites excluding steroid dienone is 4. The normalized spacial score (nSPS) is 11.8. The second kappa shape index (κ2) is 24.4.